The molecule has 0 heterocycles. The van der Waals surface area contributed by atoms with Crippen LogP contribution in [0.25, 0.3) is 0 Å². The number of rotatable bonds is 6. The molecule has 0 bridgehead atoms. The molecular formula is C9H22N2. The van der Waals surface area contributed by atoms with E-state index in [4.69, 9.17) is 5.84 Å². The molecule has 0 saturated carbocycles. The summed E-state index contributed by atoms with van der Waals surface area (Å²) in [7, 11) is 0. The third-order valence-corrected chi connectivity index (χ3v) is 2.05. The van der Waals surface area contributed by atoms with Crippen molar-refractivity contribution in [3.05, 3.63) is 0 Å². The predicted octanol–water partition coefficient (Wildman–Crippen LogP) is 2.20. The van der Waals surface area contributed by atoms with Crippen LogP contribution in [0.1, 0.15) is 52.9 Å². The van der Waals surface area contributed by atoms with Gasteiger partial charge in [-0.2, -0.15) is 0 Å². The van der Waals surface area contributed by atoms with Crippen molar-refractivity contribution >= 4 is 0 Å². The zero-order chi connectivity index (χ0) is 8.74. The minimum absolute atomic E-state index is 0.119. The molecule has 3 N–H and O–H groups in total. The highest BCUT2D eigenvalue weighted by atomic mass is 15.3. The Morgan fingerprint density at radius 2 is 1.82 bits per heavy atom. The summed E-state index contributed by atoms with van der Waals surface area (Å²) in [6.45, 7) is 6.50. The molecule has 0 aliphatic heterocycles. The normalized spacial score (nSPS) is 12.0. The quantitative estimate of drug-likeness (QED) is 0.353. The van der Waals surface area contributed by atoms with Gasteiger partial charge in [0.1, 0.15) is 0 Å². The fourth-order valence-corrected chi connectivity index (χ4v) is 1.07. The van der Waals surface area contributed by atoms with Gasteiger partial charge in [-0.1, -0.05) is 32.6 Å². The van der Waals surface area contributed by atoms with Gasteiger partial charge >= 0.3 is 0 Å². The first-order valence-corrected chi connectivity index (χ1v) is 4.60. The van der Waals surface area contributed by atoms with E-state index < -0.39 is 0 Å². The van der Waals surface area contributed by atoms with Crippen LogP contribution in [0.5, 0.6) is 0 Å². The summed E-state index contributed by atoms with van der Waals surface area (Å²) in [5.41, 5.74) is 2.94. The Morgan fingerprint density at radius 1 is 1.18 bits per heavy atom. The second-order valence-electron chi connectivity index (χ2n) is 3.84. The summed E-state index contributed by atoms with van der Waals surface area (Å²) >= 11 is 0. The van der Waals surface area contributed by atoms with E-state index in [2.05, 4.69) is 26.2 Å². The van der Waals surface area contributed by atoms with Crippen LogP contribution in [0.4, 0.5) is 0 Å². The van der Waals surface area contributed by atoms with Gasteiger partial charge in [0, 0.05) is 5.54 Å². The molecule has 0 aromatic heterocycles. The summed E-state index contributed by atoms with van der Waals surface area (Å²) in [4.78, 5) is 0. The van der Waals surface area contributed by atoms with E-state index in [0.717, 1.165) is 0 Å². The second-order valence-corrected chi connectivity index (χ2v) is 3.84. The minimum atomic E-state index is 0.119. The lowest BCUT2D eigenvalue weighted by molar-refractivity contribution is 0.354. The molecule has 2 nitrogen and oxygen atoms in total. The van der Waals surface area contributed by atoms with E-state index in [0.29, 0.717) is 0 Å². The van der Waals surface area contributed by atoms with E-state index in [9.17, 15) is 0 Å². The molecule has 0 aromatic rings. The van der Waals surface area contributed by atoms with Crippen LogP contribution in [0.15, 0.2) is 0 Å². The van der Waals surface area contributed by atoms with Crippen molar-refractivity contribution in [1.82, 2.24) is 5.43 Å². The highest BCUT2D eigenvalue weighted by Crippen LogP contribution is 2.12. The maximum atomic E-state index is 5.37. The highest BCUT2D eigenvalue weighted by Gasteiger charge is 2.13. The fraction of sp³-hybridized carbons (Fsp3) is 1.00. The smallest absolute Gasteiger partial charge is 0.0265 e. The number of nitrogens with two attached hydrogens (primary N) is 1. The lowest BCUT2D eigenvalue weighted by Crippen LogP contribution is -2.43. The summed E-state index contributed by atoms with van der Waals surface area (Å²) in [5, 5.41) is 0. The maximum absolute atomic E-state index is 5.37. The third kappa shape index (κ3) is 6.32. The molecule has 0 rings (SSSR count). The molecule has 0 unspecified atom stereocenters. The molecule has 0 fully saturated rings. The van der Waals surface area contributed by atoms with E-state index in [-0.39, 0.29) is 5.54 Å². The number of nitrogens with one attached hydrogen (secondary N) is 1. The fourth-order valence-electron chi connectivity index (χ4n) is 1.07. The molecule has 0 aliphatic rings. The van der Waals surface area contributed by atoms with Gasteiger partial charge in [-0.25, -0.2) is 0 Å². The van der Waals surface area contributed by atoms with Crippen molar-refractivity contribution in [3.63, 3.8) is 0 Å². The molecule has 68 valence electrons. The summed E-state index contributed by atoms with van der Waals surface area (Å²) < 4.78 is 0. The Morgan fingerprint density at radius 3 is 2.27 bits per heavy atom. The molecule has 0 spiro atoms. The van der Waals surface area contributed by atoms with Crippen molar-refractivity contribution in [3.8, 4) is 0 Å². The minimum Gasteiger partial charge on any atom is -0.271 e. The first kappa shape index (κ1) is 10.9. The van der Waals surface area contributed by atoms with Gasteiger partial charge in [-0.3, -0.25) is 11.3 Å². The Balaban J connectivity index is 3.23. The molecule has 0 aromatic carbocycles. The van der Waals surface area contributed by atoms with Crippen LogP contribution >= 0.6 is 0 Å². The predicted molar refractivity (Wildman–Crippen MR) is 50.2 cm³/mol. The van der Waals surface area contributed by atoms with Crippen LogP contribution in [0, 0.1) is 0 Å². The van der Waals surface area contributed by atoms with E-state index in [1.54, 1.807) is 0 Å². The van der Waals surface area contributed by atoms with Gasteiger partial charge < -0.3 is 0 Å². The van der Waals surface area contributed by atoms with Gasteiger partial charge in [-0.15, -0.1) is 0 Å². The van der Waals surface area contributed by atoms with Crippen LogP contribution in [0.3, 0.4) is 0 Å². The molecule has 2 heteroatoms. The van der Waals surface area contributed by atoms with Crippen molar-refractivity contribution in [1.29, 1.82) is 0 Å². The van der Waals surface area contributed by atoms with Crippen LogP contribution in [-0.4, -0.2) is 5.54 Å². The SMILES string of the molecule is CCCCCCC(C)(C)NN. The zero-order valence-corrected chi connectivity index (χ0v) is 8.11. The lowest BCUT2D eigenvalue weighted by Gasteiger charge is -2.22. The number of hydrazine groups is 1. The maximum Gasteiger partial charge on any atom is 0.0265 e. The van der Waals surface area contributed by atoms with Gasteiger partial charge in [0.05, 0.1) is 0 Å². The van der Waals surface area contributed by atoms with Gasteiger partial charge in [0.25, 0.3) is 0 Å². The van der Waals surface area contributed by atoms with E-state index >= 15 is 0 Å². The Bertz CT molecular complexity index is 89.6. The number of hydrogen-bond donors (Lipinski definition) is 2. The molecule has 0 aliphatic carbocycles. The largest absolute Gasteiger partial charge is 0.271 e. The summed E-state index contributed by atoms with van der Waals surface area (Å²) in [5.74, 6) is 5.37. The monoisotopic (exact) mass is 158 g/mol. The van der Waals surface area contributed by atoms with Crippen molar-refractivity contribution in [2.75, 3.05) is 0 Å². The standard InChI is InChI=1S/C9H22N2/c1-4-5-6-7-8-9(2,3)11-10/h11H,4-8,10H2,1-3H3. The zero-order valence-electron chi connectivity index (χ0n) is 8.11. The van der Waals surface area contributed by atoms with Gasteiger partial charge in [0.2, 0.25) is 0 Å². The first-order chi connectivity index (χ1) is 5.12. The second kappa shape index (κ2) is 5.56. The molecule has 0 amide bonds. The number of hydrogen-bond acceptors (Lipinski definition) is 2. The molecule has 0 atom stereocenters. The molecule has 11 heavy (non-hydrogen) atoms. The Kier molecular flexibility index (Phi) is 5.51. The van der Waals surface area contributed by atoms with Gasteiger partial charge in [0.15, 0.2) is 0 Å². The molecule has 0 saturated heterocycles. The molecular weight excluding hydrogens is 136 g/mol. The average Bonchev–Trinajstić information content (AvgIpc) is 1.99. The van der Waals surface area contributed by atoms with E-state index in [1.165, 1.54) is 32.1 Å². The topological polar surface area (TPSA) is 38.0 Å². The highest BCUT2D eigenvalue weighted by molar-refractivity contribution is 4.73. The van der Waals surface area contributed by atoms with Crippen molar-refractivity contribution in [2.24, 2.45) is 5.84 Å². The van der Waals surface area contributed by atoms with Crippen LogP contribution in [0.2, 0.25) is 0 Å². The summed E-state index contributed by atoms with van der Waals surface area (Å²) in [6, 6.07) is 0. The number of unbranched alkanes of at least 4 members (excludes halogenated alkanes) is 3. The Labute approximate surface area is 70.5 Å². The summed E-state index contributed by atoms with van der Waals surface area (Å²) in [6.07, 6.45) is 6.44. The Hall–Kier alpha value is -0.0800. The van der Waals surface area contributed by atoms with Crippen molar-refractivity contribution in [2.45, 2.75) is 58.4 Å². The average molecular weight is 158 g/mol. The van der Waals surface area contributed by atoms with E-state index in [1.807, 2.05) is 0 Å². The molecule has 0 radical (unpaired) electrons. The van der Waals surface area contributed by atoms with Gasteiger partial charge in [-0.05, 0) is 20.3 Å². The van der Waals surface area contributed by atoms with Crippen LogP contribution in [-0.2, 0) is 0 Å². The van der Waals surface area contributed by atoms with Crippen LogP contribution < -0.4 is 11.3 Å². The third-order valence-electron chi connectivity index (χ3n) is 2.05. The van der Waals surface area contributed by atoms with Crippen molar-refractivity contribution < 1.29 is 0 Å². The lowest BCUT2D eigenvalue weighted by atomic mass is 9.97. The first-order valence-electron chi connectivity index (χ1n) is 4.60.